The fourth-order valence-electron chi connectivity index (χ4n) is 2.03. The Kier molecular flexibility index (Phi) is 14.6. The zero-order valence-electron chi connectivity index (χ0n) is 12.1. The van der Waals surface area contributed by atoms with Gasteiger partial charge in [0, 0.05) is 13.0 Å². The van der Waals surface area contributed by atoms with E-state index < -0.39 is 5.97 Å². The minimum atomic E-state index is -0.677. The third-order valence-corrected chi connectivity index (χ3v) is 3.21. The van der Waals surface area contributed by atoms with Crippen LogP contribution in [0.5, 0.6) is 0 Å². The third-order valence-electron chi connectivity index (χ3n) is 3.21. The molecular formula is C16H30O3. The van der Waals surface area contributed by atoms with Gasteiger partial charge >= 0.3 is 5.97 Å². The Hall–Kier alpha value is -0.830. The molecule has 0 aromatic rings. The highest BCUT2D eigenvalue weighted by Crippen LogP contribution is 2.09. The van der Waals surface area contributed by atoms with E-state index in [0.29, 0.717) is 13.0 Å². The summed E-state index contributed by atoms with van der Waals surface area (Å²) in [6.07, 6.45) is 17.1. The predicted octanol–water partition coefficient (Wildman–Crippen LogP) is 4.30. The molecule has 0 rings (SSSR count). The van der Waals surface area contributed by atoms with Crippen LogP contribution in [-0.2, 0) is 4.79 Å². The Morgan fingerprint density at radius 1 is 0.737 bits per heavy atom. The number of aliphatic carboxylic acids is 1. The molecule has 0 aliphatic heterocycles. The number of aliphatic hydroxyl groups excluding tert-OH is 1. The normalized spacial score (nSPS) is 11.2. The first-order valence-electron chi connectivity index (χ1n) is 7.75. The molecule has 0 heterocycles. The molecule has 0 amide bonds. The van der Waals surface area contributed by atoms with E-state index in [2.05, 4.69) is 12.2 Å². The minimum absolute atomic E-state index is 0.316. The number of carboxylic acids is 1. The fourth-order valence-corrected chi connectivity index (χ4v) is 2.03. The Bertz CT molecular complexity index is 224. The van der Waals surface area contributed by atoms with Crippen LogP contribution in [0.25, 0.3) is 0 Å². The van der Waals surface area contributed by atoms with Crippen molar-refractivity contribution >= 4 is 5.97 Å². The molecule has 3 heteroatoms. The summed E-state index contributed by atoms with van der Waals surface area (Å²) in [5.41, 5.74) is 0. The first-order valence-corrected chi connectivity index (χ1v) is 7.75. The summed E-state index contributed by atoms with van der Waals surface area (Å²) < 4.78 is 0. The molecule has 0 radical (unpaired) electrons. The minimum Gasteiger partial charge on any atom is -0.481 e. The first kappa shape index (κ1) is 18.2. The van der Waals surface area contributed by atoms with Crippen molar-refractivity contribution in [3.8, 4) is 0 Å². The van der Waals surface area contributed by atoms with Crippen molar-refractivity contribution in [2.45, 2.75) is 77.0 Å². The lowest BCUT2D eigenvalue weighted by Gasteiger charge is -1.99. The first-order chi connectivity index (χ1) is 9.27. The van der Waals surface area contributed by atoms with Gasteiger partial charge in [-0.1, -0.05) is 44.3 Å². The van der Waals surface area contributed by atoms with E-state index in [4.69, 9.17) is 10.2 Å². The summed E-state index contributed by atoms with van der Waals surface area (Å²) in [6, 6.07) is 0. The van der Waals surface area contributed by atoms with Crippen LogP contribution in [0, 0.1) is 0 Å². The number of carboxylic acid groups (broad SMARTS) is 1. The molecule has 0 aliphatic rings. The van der Waals surface area contributed by atoms with Gasteiger partial charge in [0.15, 0.2) is 0 Å². The lowest BCUT2D eigenvalue weighted by Crippen LogP contribution is -1.93. The van der Waals surface area contributed by atoms with E-state index in [9.17, 15) is 4.79 Å². The van der Waals surface area contributed by atoms with E-state index in [0.717, 1.165) is 44.9 Å². The van der Waals surface area contributed by atoms with Crippen LogP contribution in [0.15, 0.2) is 12.2 Å². The Labute approximate surface area is 117 Å². The van der Waals surface area contributed by atoms with Crippen LogP contribution in [0.4, 0.5) is 0 Å². The Morgan fingerprint density at radius 3 is 1.74 bits per heavy atom. The highest BCUT2D eigenvalue weighted by atomic mass is 16.4. The van der Waals surface area contributed by atoms with Gasteiger partial charge < -0.3 is 10.2 Å². The van der Waals surface area contributed by atoms with E-state index in [1.54, 1.807) is 0 Å². The second kappa shape index (κ2) is 15.2. The SMILES string of the molecule is O=C(O)CCCCCCCC/C=C\CCCCCO. The topological polar surface area (TPSA) is 57.5 Å². The van der Waals surface area contributed by atoms with Crippen LogP contribution in [0.1, 0.15) is 77.0 Å². The van der Waals surface area contributed by atoms with Crippen molar-refractivity contribution < 1.29 is 15.0 Å². The van der Waals surface area contributed by atoms with Gasteiger partial charge in [0.1, 0.15) is 0 Å². The third kappa shape index (κ3) is 17.2. The molecule has 0 bridgehead atoms. The van der Waals surface area contributed by atoms with Crippen LogP contribution >= 0.6 is 0 Å². The number of carbonyl (C=O) groups is 1. The molecule has 0 spiro atoms. The van der Waals surface area contributed by atoms with Gasteiger partial charge in [-0.05, 0) is 38.5 Å². The molecule has 0 aromatic carbocycles. The molecule has 0 saturated heterocycles. The van der Waals surface area contributed by atoms with E-state index >= 15 is 0 Å². The number of hydrogen-bond acceptors (Lipinski definition) is 2. The lowest BCUT2D eigenvalue weighted by atomic mass is 10.1. The van der Waals surface area contributed by atoms with E-state index in [1.165, 1.54) is 25.7 Å². The van der Waals surface area contributed by atoms with Crippen LogP contribution in [-0.4, -0.2) is 22.8 Å². The van der Waals surface area contributed by atoms with Crippen molar-refractivity contribution in [3.63, 3.8) is 0 Å². The summed E-state index contributed by atoms with van der Waals surface area (Å²) in [7, 11) is 0. The molecule has 112 valence electrons. The smallest absolute Gasteiger partial charge is 0.303 e. The van der Waals surface area contributed by atoms with Gasteiger partial charge in [0.05, 0.1) is 0 Å². The molecule has 0 aliphatic carbocycles. The Balaban J connectivity index is 3.05. The number of aliphatic hydroxyl groups is 1. The molecule has 0 unspecified atom stereocenters. The van der Waals surface area contributed by atoms with Gasteiger partial charge in [-0.2, -0.15) is 0 Å². The summed E-state index contributed by atoms with van der Waals surface area (Å²) >= 11 is 0. The largest absolute Gasteiger partial charge is 0.481 e. The van der Waals surface area contributed by atoms with Gasteiger partial charge in [0.25, 0.3) is 0 Å². The standard InChI is InChI=1S/C16H30O3/c17-15-13-11-9-7-5-3-1-2-4-6-8-10-12-14-16(18)19/h3,5,17H,1-2,4,6-15H2,(H,18,19)/b5-3-. The average molecular weight is 270 g/mol. The quantitative estimate of drug-likeness (QED) is 0.365. The van der Waals surface area contributed by atoms with Crippen molar-refractivity contribution in [2.75, 3.05) is 6.61 Å². The van der Waals surface area contributed by atoms with E-state index in [1.807, 2.05) is 0 Å². The number of unbranched alkanes of at least 4 members (excludes halogenated alkanes) is 9. The second-order valence-corrected chi connectivity index (χ2v) is 5.10. The van der Waals surface area contributed by atoms with Gasteiger partial charge in [-0.15, -0.1) is 0 Å². The highest BCUT2D eigenvalue weighted by molar-refractivity contribution is 5.66. The summed E-state index contributed by atoms with van der Waals surface area (Å²) in [5, 5.41) is 17.1. The maximum Gasteiger partial charge on any atom is 0.303 e. The molecule has 0 fully saturated rings. The number of hydrogen-bond donors (Lipinski definition) is 2. The predicted molar refractivity (Wildman–Crippen MR) is 79.3 cm³/mol. The Morgan fingerprint density at radius 2 is 1.21 bits per heavy atom. The fraction of sp³-hybridized carbons (Fsp3) is 0.812. The zero-order valence-corrected chi connectivity index (χ0v) is 12.1. The monoisotopic (exact) mass is 270 g/mol. The van der Waals surface area contributed by atoms with Crippen molar-refractivity contribution in [3.05, 3.63) is 12.2 Å². The van der Waals surface area contributed by atoms with E-state index in [-0.39, 0.29) is 0 Å². The molecule has 0 atom stereocenters. The molecule has 19 heavy (non-hydrogen) atoms. The summed E-state index contributed by atoms with van der Waals surface area (Å²) in [6.45, 7) is 0.316. The average Bonchev–Trinajstić information content (AvgIpc) is 2.39. The second-order valence-electron chi connectivity index (χ2n) is 5.10. The van der Waals surface area contributed by atoms with Crippen LogP contribution < -0.4 is 0 Å². The van der Waals surface area contributed by atoms with Gasteiger partial charge in [-0.25, -0.2) is 0 Å². The van der Waals surface area contributed by atoms with Crippen LogP contribution in [0.3, 0.4) is 0 Å². The van der Waals surface area contributed by atoms with Crippen LogP contribution in [0.2, 0.25) is 0 Å². The van der Waals surface area contributed by atoms with Crippen molar-refractivity contribution in [1.29, 1.82) is 0 Å². The van der Waals surface area contributed by atoms with Gasteiger partial charge in [0.2, 0.25) is 0 Å². The zero-order chi connectivity index (χ0) is 14.2. The molecule has 2 N–H and O–H groups in total. The highest BCUT2D eigenvalue weighted by Gasteiger charge is 1.96. The molecule has 0 aromatic heterocycles. The summed E-state index contributed by atoms with van der Waals surface area (Å²) in [5.74, 6) is -0.677. The molecule has 0 saturated carbocycles. The van der Waals surface area contributed by atoms with Gasteiger partial charge in [-0.3, -0.25) is 4.79 Å². The maximum absolute atomic E-state index is 10.3. The lowest BCUT2D eigenvalue weighted by molar-refractivity contribution is -0.137. The number of rotatable bonds is 14. The summed E-state index contributed by atoms with van der Waals surface area (Å²) in [4.78, 5) is 10.3. The number of allylic oxidation sites excluding steroid dienone is 2. The van der Waals surface area contributed by atoms with Crippen molar-refractivity contribution in [1.82, 2.24) is 0 Å². The maximum atomic E-state index is 10.3. The van der Waals surface area contributed by atoms with Crippen molar-refractivity contribution in [2.24, 2.45) is 0 Å². The molecular weight excluding hydrogens is 240 g/mol. The molecule has 3 nitrogen and oxygen atoms in total.